The molecule has 0 saturated carbocycles. The second-order valence-corrected chi connectivity index (χ2v) is 17.1. The lowest BCUT2D eigenvalue weighted by Gasteiger charge is -2.29. The summed E-state index contributed by atoms with van der Waals surface area (Å²) in [4.78, 5) is 57.1. The Kier molecular flexibility index (Phi) is 7.75. The van der Waals surface area contributed by atoms with Gasteiger partial charge in [-0.05, 0) is 35.1 Å². The van der Waals surface area contributed by atoms with Gasteiger partial charge >= 0.3 is 7.82 Å². The standard InChI is InChI=1S/C41H39N6O9P/c1-18(2)31-39-45-33-35(55-39)41-24-10-6-9-22(21-8-7-11-27-30(21)23(17-47(27)5)29-16-42-38(33)53-29)32(24)46-40(41)54-28-13-12-20(14-25(28)41)15-26(36(48)44-31)43-37(49)34(19(3)4)56-57(50,51)52/h6-14,16-19,26,31,34,40,46H,15H2,1-5H3,(H,43,49)(H,44,48)(H2,50,51,52)/t26-,31-,34-,40?,41-/m0/s1. The molecule has 0 fully saturated rings. The van der Waals surface area contributed by atoms with Gasteiger partial charge in [-0.2, -0.15) is 0 Å². The maximum atomic E-state index is 14.3. The average molecular weight is 791 g/mol. The third-order valence-corrected chi connectivity index (χ3v) is 12.1. The zero-order valence-electron chi connectivity index (χ0n) is 31.6. The third kappa shape index (κ3) is 5.26. The van der Waals surface area contributed by atoms with Crippen LogP contribution in [-0.2, 0) is 37.6 Å². The molecule has 4 aliphatic rings. The molecule has 15 nitrogen and oxygen atoms in total. The van der Waals surface area contributed by atoms with E-state index in [0.717, 1.165) is 44.4 Å². The van der Waals surface area contributed by atoms with Crippen LogP contribution in [0.2, 0.25) is 0 Å². The lowest BCUT2D eigenvalue weighted by Crippen LogP contribution is -2.53. The number of carbonyl (C=O) groups is 2. The summed E-state index contributed by atoms with van der Waals surface area (Å²) in [6.07, 6.45) is 1.52. The molecule has 0 aliphatic carbocycles. The van der Waals surface area contributed by atoms with Crippen molar-refractivity contribution in [2.45, 2.75) is 63.9 Å². The van der Waals surface area contributed by atoms with Crippen molar-refractivity contribution in [1.29, 1.82) is 0 Å². The summed E-state index contributed by atoms with van der Waals surface area (Å²) in [6, 6.07) is 16.0. The molecule has 57 heavy (non-hydrogen) atoms. The SMILES string of the molecule is CC(C)[C@H](OP(=O)(O)O)C(=O)N[C@H]1Cc2ccc3c(c2)[C@]24c5cccc(c5NC2O3)-c2cccc3c2c(cn3C)-c2cnc(o2)-c2nc(oc24)[C@H](C(C)C)NC1=O. The average Bonchev–Trinajstić information content (AvgIpc) is 3.98. The molecule has 5 atom stereocenters. The normalized spacial score (nSPS) is 22.0. The number of aryl methyl sites for hydroxylation is 1. The van der Waals surface area contributed by atoms with Crippen LogP contribution in [0.5, 0.6) is 5.75 Å². The lowest BCUT2D eigenvalue weighted by atomic mass is 9.72. The molecule has 4 aliphatic heterocycles. The Labute approximate surface area is 326 Å². The molecule has 2 amide bonds. The molecule has 3 aromatic carbocycles. The highest BCUT2D eigenvalue weighted by Gasteiger charge is 2.61. The number of hydrogen-bond donors (Lipinski definition) is 5. The molecule has 0 saturated heterocycles. The predicted molar refractivity (Wildman–Crippen MR) is 207 cm³/mol. The van der Waals surface area contributed by atoms with Crippen molar-refractivity contribution in [3.8, 4) is 39.8 Å². The van der Waals surface area contributed by atoms with Crippen molar-refractivity contribution in [2.75, 3.05) is 5.32 Å². The Morgan fingerprint density at radius 1 is 1.04 bits per heavy atom. The van der Waals surface area contributed by atoms with E-state index >= 15 is 0 Å². The number of anilines is 1. The second kappa shape index (κ2) is 12.4. The summed E-state index contributed by atoms with van der Waals surface area (Å²) < 4.78 is 39.3. The second-order valence-electron chi connectivity index (χ2n) is 15.9. The van der Waals surface area contributed by atoms with Crippen LogP contribution in [0.15, 0.2) is 75.8 Å². The summed E-state index contributed by atoms with van der Waals surface area (Å²) in [5.41, 5.74) is 6.21. The Hall–Kier alpha value is -5.73. The van der Waals surface area contributed by atoms with Crippen LogP contribution in [0.4, 0.5) is 5.69 Å². The van der Waals surface area contributed by atoms with Gasteiger partial charge in [0.05, 0.1) is 6.20 Å². The van der Waals surface area contributed by atoms with Crippen molar-refractivity contribution < 1.29 is 42.0 Å². The fourth-order valence-electron chi connectivity index (χ4n) is 8.98. The minimum atomic E-state index is -5.05. The number of hydrogen-bond acceptors (Lipinski definition) is 10. The summed E-state index contributed by atoms with van der Waals surface area (Å²) in [6.45, 7) is 7.03. The van der Waals surface area contributed by atoms with Crippen LogP contribution >= 0.6 is 7.82 Å². The van der Waals surface area contributed by atoms with E-state index in [2.05, 4.69) is 44.8 Å². The van der Waals surface area contributed by atoms with Crippen molar-refractivity contribution in [3.05, 3.63) is 95.3 Å². The van der Waals surface area contributed by atoms with Gasteiger partial charge in [-0.3, -0.25) is 14.1 Å². The highest BCUT2D eigenvalue weighted by atomic mass is 31.2. The molecule has 7 heterocycles. The molecule has 5 N–H and O–H groups in total. The van der Waals surface area contributed by atoms with Gasteiger partial charge < -0.3 is 43.9 Å². The minimum absolute atomic E-state index is 0.0264. The fourth-order valence-corrected chi connectivity index (χ4v) is 9.62. The van der Waals surface area contributed by atoms with Crippen molar-refractivity contribution in [3.63, 3.8) is 0 Å². The monoisotopic (exact) mass is 790 g/mol. The molecule has 10 rings (SSSR count). The first-order chi connectivity index (χ1) is 27.2. The van der Waals surface area contributed by atoms with Gasteiger partial charge in [-0.25, -0.2) is 14.5 Å². The summed E-state index contributed by atoms with van der Waals surface area (Å²) in [5, 5.41) is 10.6. The molecule has 3 aromatic heterocycles. The summed E-state index contributed by atoms with van der Waals surface area (Å²) in [7, 11) is -3.05. The molecule has 0 radical (unpaired) electrons. The van der Waals surface area contributed by atoms with Gasteiger partial charge in [0.15, 0.2) is 23.4 Å². The van der Waals surface area contributed by atoms with Crippen LogP contribution in [0.3, 0.4) is 0 Å². The lowest BCUT2D eigenvalue weighted by molar-refractivity contribution is -0.135. The molecule has 1 unspecified atom stereocenters. The summed E-state index contributed by atoms with van der Waals surface area (Å²) >= 11 is 0. The number of benzene rings is 3. The Morgan fingerprint density at radius 2 is 1.82 bits per heavy atom. The number of nitrogens with zero attached hydrogens (tertiary/aromatic N) is 3. The highest BCUT2D eigenvalue weighted by molar-refractivity contribution is 7.46. The van der Waals surface area contributed by atoms with Gasteiger partial charge in [-0.15, -0.1) is 0 Å². The molecule has 10 bridgehead atoms. The maximum absolute atomic E-state index is 14.3. The van der Waals surface area contributed by atoms with Gasteiger partial charge in [0, 0.05) is 58.5 Å². The number of phosphoric acid groups is 1. The number of ether oxygens (including phenoxy) is 1. The number of amides is 2. The number of fused-ring (bicyclic) bond motifs is 7. The number of nitrogens with one attached hydrogen (secondary N) is 3. The first-order valence-corrected chi connectivity index (χ1v) is 20.4. The minimum Gasteiger partial charge on any atom is -0.469 e. The highest BCUT2D eigenvalue weighted by Crippen LogP contribution is 2.61. The van der Waals surface area contributed by atoms with E-state index in [0.29, 0.717) is 28.5 Å². The van der Waals surface area contributed by atoms with E-state index in [1.165, 1.54) is 0 Å². The topological polar surface area (TPSA) is 203 Å². The van der Waals surface area contributed by atoms with Gasteiger partial charge in [0.1, 0.15) is 29.4 Å². The van der Waals surface area contributed by atoms with E-state index in [-0.39, 0.29) is 24.1 Å². The number of oxazole rings is 2. The molecular weight excluding hydrogens is 751 g/mol. The Bertz CT molecular complexity index is 2730. The molecule has 6 aromatic rings. The summed E-state index contributed by atoms with van der Waals surface area (Å²) in [5.74, 6) is -0.292. The molecule has 1 spiro atoms. The number of para-hydroxylation sites is 1. The maximum Gasteiger partial charge on any atom is 0.470 e. The number of phosphoric ester groups is 1. The van der Waals surface area contributed by atoms with E-state index in [1.54, 1.807) is 20.0 Å². The zero-order chi connectivity index (χ0) is 39.7. The van der Waals surface area contributed by atoms with Gasteiger partial charge in [-0.1, -0.05) is 70.2 Å². The van der Waals surface area contributed by atoms with Gasteiger partial charge in [0.25, 0.3) is 5.91 Å². The van der Waals surface area contributed by atoms with Crippen molar-refractivity contribution in [2.24, 2.45) is 18.9 Å². The first kappa shape index (κ1) is 35.7. The van der Waals surface area contributed by atoms with E-state index < -0.39 is 55.4 Å². The fraction of sp³-hybridized carbons (Fsp3) is 0.317. The predicted octanol–water partition coefficient (Wildman–Crippen LogP) is 5.94. The number of rotatable bonds is 6. The Morgan fingerprint density at radius 3 is 2.60 bits per heavy atom. The van der Waals surface area contributed by atoms with E-state index in [4.69, 9.17) is 28.1 Å². The first-order valence-electron chi connectivity index (χ1n) is 18.8. The van der Waals surface area contributed by atoms with Crippen LogP contribution in [0, 0.1) is 11.8 Å². The van der Waals surface area contributed by atoms with E-state index in [1.807, 2.05) is 57.4 Å². The van der Waals surface area contributed by atoms with Crippen LogP contribution in [0.25, 0.3) is 44.9 Å². The third-order valence-electron chi connectivity index (χ3n) is 11.6. The number of aromatic nitrogens is 3. The van der Waals surface area contributed by atoms with Crippen LogP contribution < -0.4 is 20.7 Å². The quantitative estimate of drug-likeness (QED) is 0.125. The largest absolute Gasteiger partial charge is 0.470 e. The van der Waals surface area contributed by atoms with Gasteiger partial charge in [0.2, 0.25) is 17.7 Å². The zero-order valence-corrected chi connectivity index (χ0v) is 32.5. The van der Waals surface area contributed by atoms with Crippen LogP contribution in [0.1, 0.15) is 62.1 Å². The smallest absolute Gasteiger partial charge is 0.469 e. The number of carbonyl (C=O) groups excluding carboxylic acids is 2. The van der Waals surface area contributed by atoms with Crippen molar-refractivity contribution in [1.82, 2.24) is 25.2 Å². The molecular formula is C41H39N6O9P. The van der Waals surface area contributed by atoms with Crippen molar-refractivity contribution >= 4 is 36.2 Å². The molecule has 16 heteroatoms. The Balaban J connectivity index is 1.23. The molecule has 292 valence electrons. The van der Waals surface area contributed by atoms with E-state index in [9.17, 15) is 23.9 Å². The van der Waals surface area contributed by atoms with Crippen LogP contribution in [-0.4, -0.2) is 54.5 Å².